The quantitative estimate of drug-likeness (QED) is 0.666. The minimum absolute atomic E-state index is 0.770. The number of imidazole rings is 1. The fraction of sp³-hybridized carbons (Fsp3) is 0. The number of aromatic nitrogens is 2. The molecule has 3 aromatic rings. The van der Waals surface area contributed by atoms with E-state index in [-0.39, 0.29) is 0 Å². The minimum atomic E-state index is 0.770. The highest BCUT2D eigenvalue weighted by molar-refractivity contribution is 9.11. The van der Waals surface area contributed by atoms with Gasteiger partial charge in [-0.2, -0.15) is 0 Å². The summed E-state index contributed by atoms with van der Waals surface area (Å²) in [5.74, 6) is 0.770. The summed E-state index contributed by atoms with van der Waals surface area (Å²) in [5, 5.41) is 0. The molecule has 0 atom stereocenters. The molecule has 0 aliphatic carbocycles. The molecule has 0 fully saturated rings. The van der Waals surface area contributed by atoms with Crippen molar-refractivity contribution < 1.29 is 4.42 Å². The molecule has 5 heteroatoms. The average molecular weight is 342 g/mol. The van der Waals surface area contributed by atoms with Gasteiger partial charge < -0.3 is 8.82 Å². The second-order valence-corrected chi connectivity index (χ2v) is 5.11. The molecule has 0 bridgehead atoms. The summed E-state index contributed by atoms with van der Waals surface area (Å²) in [6.07, 6.45) is 5.54. The Balaban J connectivity index is 2.27. The predicted molar refractivity (Wildman–Crippen MR) is 68.3 cm³/mol. The second-order valence-electron chi connectivity index (χ2n) is 3.34. The van der Waals surface area contributed by atoms with Crippen molar-refractivity contribution in [2.24, 2.45) is 0 Å². The van der Waals surface area contributed by atoms with E-state index < -0.39 is 0 Å². The summed E-state index contributed by atoms with van der Waals surface area (Å²) in [4.78, 5) is 4.50. The molecular formula is C11H6Br2N2O. The highest BCUT2D eigenvalue weighted by Crippen LogP contribution is 2.26. The van der Waals surface area contributed by atoms with Crippen LogP contribution in [0.3, 0.4) is 0 Å². The first-order chi connectivity index (χ1) is 7.74. The Morgan fingerprint density at radius 1 is 1.25 bits per heavy atom. The van der Waals surface area contributed by atoms with Gasteiger partial charge >= 0.3 is 0 Å². The molecule has 0 unspecified atom stereocenters. The Bertz CT molecular complexity index is 643. The zero-order chi connectivity index (χ0) is 11.1. The van der Waals surface area contributed by atoms with Gasteiger partial charge in [-0.05, 0) is 50.1 Å². The van der Waals surface area contributed by atoms with Gasteiger partial charge in [-0.25, -0.2) is 4.98 Å². The molecule has 3 heterocycles. The third-order valence-corrected chi connectivity index (χ3v) is 3.26. The molecule has 0 radical (unpaired) electrons. The predicted octanol–water partition coefficient (Wildman–Crippen LogP) is 4.12. The number of pyridine rings is 1. The maximum atomic E-state index is 5.32. The number of halogens is 2. The van der Waals surface area contributed by atoms with Crippen LogP contribution in [0.25, 0.3) is 17.1 Å². The van der Waals surface area contributed by atoms with E-state index in [4.69, 9.17) is 4.42 Å². The summed E-state index contributed by atoms with van der Waals surface area (Å²) in [7, 11) is 0. The number of furan rings is 1. The summed E-state index contributed by atoms with van der Waals surface area (Å²) in [5.41, 5.74) is 1.69. The van der Waals surface area contributed by atoms with E-state index in [1.807, 2.05) is 35.0 Å². The molecule has 3 rings (SSSR count). The van der Waals surface area contributed by atoms with E-state index in [1.165, 1.54) is 0 Å². The van der Waals surface area contributed by atoms with Crippen molar-refractivity contribution in [2.75, 3.05) is 0 Å². The Morgan fingerprint density at radius 3 is 2.88 bits per heavy atom. The van der Waals surface area contributed by atoms with E-state index in [1.54, 1.807) is 6.26 Å². The Morgan fingerprint density at radius 2 is 2.12 bits per heavy atom. The Kier molecular flexibility index (Phi) is 2.37. The van der Waals surface area contributed by atoms with Crippen LogP contribution in [0, 0.1) is 0 Å². The lowest BCUT2D eigenvalue weighted by Crippen LogP contribution is -1.83. The van der Waals surface area contributed by atoms with Crippen molar-refractivity contribution in [2.45, 2.75) is 0 Å². The van der Waals surface area contributed by atoms with Crippen LogP contribution in [0.2, 0.25) is 0 Å². The van der Waals surface area contributed by atoms with Crippen molar-refractivity contribution in [3.8, 4) is 11.5 Å². The summed E-state index contributed by atoms with van der Waals surface area (Å²) < 4.78 is 9.21. The largest absolute Gasteiger partial charge is 0.463 e. The van der Waals surface area contributed by atoms with Gasteiger partial charge in [0.15, 0.2) is 11.4 Å². The van der Waals surface area contributed by atoms with Gasteiger partial charge in [0.05, 0.1) is 10.7 Å². The van der Waals surface area contributed by atoms with Crippen molar-refractivity contribution in [1.29, 1.82) is 0 Å². The smallest absolute Gasteiger partial charge is 0.153 e. The monoisotopic (exact) mass is 340 g/mol. The van der Waals surface area contributed by atoms with E-state index in [0.717, 1.165) is 26.0 Å². The molecular weight excluding hydrogens is 336 g/mol. The van der Waals surface area contributed by atoms with Crippen LogP contribution in [0.1, 0.15) is 0 Å². The molecule has 0 N–H and O–H groups in total. The molecule has 16 heavy (non-hydrogen) atoms. The topological polar surface area (TPSA) is 30.4 Å². The van der Waals surface area contributed by atoms with Gasteiger partial charge in [0.2, 0.25) is 0 Å². The lowest BCUT2D eigenvalue weighted by Gasteiger charge is -1.96. The van der Waals surface area contributed by atoms with Gasteiger partial charge in [-0.1, -0.05) is 0 Å². The van der Waals surface area contributed by atoms with Crippen LogP contribution >= 0.6 is 31.9 Å². The average Bonchev–Trinajstić information content (AvgIpc) is 2.82. The van der Waals surface area contributed by atoms with E-state index in [2.05, 4.69) is 36.8 Å². The molecule has 0 spiro atoms. The van der Waals surface area contributed by atoms with Crippen molar-refractivity contribution in [3.05, 3.63) is 45.8 Å². The fourth-order valence-corrected chi connectivity index (χ4v) is 2.86. The summed E-state index contributed by atoms with van der Waals surface area (Å²) in [6, 6.07) is 5.71. The van der Waals surface area contributed by atoms with Crippen LogP contribution < -0.4 is 0 Å². The molecule has 0 saturated heterocycles. The maximum Gasteiger partial charge on any atom is 0.153 e. The number of rotatable bonds is 1. The first-order valence-corrected chi connectivity index (χ1v) is 6.20. The van der Waals surface area contributed by atoms with Crippen molar-refractivity contribution >= 4 is 37.5 Å². The SMILES string of the molecule is Brc1cc(Br)c2nc(-c3ccco3)cn2c1. The first kappa shape index (κ1) is 10.1. The highest BCUT2D eigenvalue weighted by Gasteiger charge is 2.09. The molecule has 0 amide bonds. The molecule has 0 saturated carbocycles. The van der Waals surface area contributed by atoms with Crippen molar-refractivity contribution in [1.82, 2.24) is 9.38 Å². The Labute approximate surface area is 108 Å². The van der Waals surface area contributed by atoms with E-state index >= 15 is 0 Å². The molecule has 3 aromatic heterocycles. The van der Waals surface area contributed by atoms with Crippen LogP contribution in [0.15, 0.2) is 50.2 Å². The standard InChI is InChI=1S/C11H6Br2N2O/c12-7-4-8(13)11-14-9(6-15(11)5-7)10-2-1-3-16-10/h1-6H. The van der Waals surface area contributed by atoms with Gasteiger partial charge in [0.25, 0.3) is 0 Å². The Hall–Kier alpha value is -1.07. The number of hydrogen-bond donors (Lipinski definition) is 0. The summed E-state index contributed by atoms with van der Waals surface area (Å²) in [6.45, 7) is 0. The molecule has 0 aromatic carbocycles. The number of nitrogens with zero attached hydrogens (tertiary/aromatic N) is 2. The van der Waals surface area contributed by atoms with Gasteiger partial charge in [0.1, 0.15) is 5.69 Å². The van der Waals surface area contributed by atoms with E-state index in [0.29, 0.717) is 0 Å². The molecule has 0 aliphatic rings. The van der Waals surface area contributed by atoms with Crippen LogP contribution in [0.4, 0.5) is 0 Å². The van der Waals surface area contributed by atoms with Gasteiger partial charge in [-0.15, -0.1) is 0 Å². The molecule has 80 valence electrons. The maximum absolute atomic E-state index is 5.32. The van der Waals surface area contributed by atoms with E-state index in [9.17, 15) is 0 Å². The van der Waals surface area contributed by atoms with Crippen LogP contribution in [0.5, 0.6) is 0 Å². The van der Waals surface area contributed by atoms with Gasteiger partial charge in [0, 0.05) is 16.9 Å². The second kappa shape index (κ2) is 3.75. The third kappa shape index (κ3) is 1.60. The number of hydrogen-bond acceptors (Lipinski definition) is 2. The summed E-state index contributed by atoms with van der Waals surface area (Å²) >= 11 is 6.92. The normalized spacial score (nSPS) is 11.1. The lowest BCUT2D eigenvalue weighted by molar-refractivity contribution is 0.580. The third-order valence-electron chi connectivity index (χ3n) is 2.25. The highest BCUT2D eigenvalue weighted by atomic mass is 79.9. The lowest BCUT2D eigenvalue weighted by atomic mass is 10.4. The molecule has 0 aliphatic heterocycles. The van der Waals surface area contributed by atoms with Crippen molar-refractivity contribution in [3.63, 3.8) is 0 Å². The zero-order valence-corrected chi connectivity index (χ0v) is 11.2. The minimum Gasteiger partial charge on any atom is -0.463 e. The van der Waals surface area contributed by atoms with Crippen LogP contribution in [-0.4, -0.2) is 9.38 Å². The van der Waals surface area contributed by atoms with Gasteiger partial charge in [-0.3, -0.25) is 0 Å². The zero-order valence-electron chi connectivity index (χ0n) is 8.02. The fourth-order valence-electron chi connectivity index (χ4n) is 1.57. The molecule has 3 nitrogen and oxygen atoms in total. The first-order valence-electron chi connectivity index (χ1n) is 4.62. The van der Waals surface area contributed by atoms with Crippen LogP contribution in [-0.2, 0) is 0 Å². The number of fused-ring (bicyclic) bond motifs is 1.